The first-order valence-electron chi connectivity index (χ1n) is 8.57. The molecular weight excluding hydrogens is 410 g/mol. The van der Waals surface area contributed by atoms with Crippen LogP contribution in [0, 0.1) is 0 Å². The molecule has 132 valence electrons. The predicted octanol–water partition coefficient (Wildman–Crippen LogP) is 6.36. The number of hydrogen-bond donors (Lipinski definition) is 1. The summed E-state index contributed by atoms with van der Waals surface area (Å²) in [4.78, 5) is 9.26. The first-order chi connectivity index (χ1) is 12.8. The Morgan fingerprint density at radius 1 is 1.04 bits per heavy atom. The summed E-state index contributed by atoms with van der Waals surface area (Å²) in [5.41, 5.74) is 1.88. The summed E-state index contributed by atoms with van der Waals surface area (Å²) >= 11 is 5.03. The number of aromatic nitrogens is 1. The van der Waals surface area contributed by atoms with E-state index in [1.54, 1.807) is 11.3 Å². The zero-order chi connectivity index (χ0) is 17.8. The van der Waals surface area contributed by atoms with Gasteiger partial charge >= 0.3 is 0 Å². The fourth-order valence-corrected chi connectivity index (χ4v) is 3.77. The average Bonchev–Trinajstić information content (AvgIpc) is 3.13. The van der Waals surface area contributed by atoms with Gasteiger partial charge in [0.05, 0.1) is 5.69 Å². The maximum atomic E-state index is 6.08. The van der Waals surface area contributed by atoms with Gasteiger partial charge in [-0.2, -0.15) is 0 Å². The van der Waals surface area contributed by atoms with Crippen molar-refractivity contribution >= 4 is 38.2 Å². The molecule has 2 heterocycles. The highest BCUT2D eigenvalue weighted by Gasteiger charge is 2.12. The molecule has 0 saturated heterocycles. The number of nitrogens with one attached hydrogen (secondary N) is 1. The van der Waals surface area contributed by atoms with Crippen LogP contribution in [-0.2, 0) is 0 Å². The van der Waals surface area contributed by atoms with Crippen LogP contribution in [0.5, 0.6) is 11.5 Å². The molecule has 6 heteroatoms. The molecule has 1 aliphatic rings. The highest BCUT2D eigenvalue weighted by molar-refractivity contribution is 9.10. The lowest BCUT2D eigenvalue weighted by molar-refractivity contribution is 0.484. The molecule has 0 fully saturated rings. The molecule has 0 unspecified atom stereocenters. The number of nitrogens with zero attached hydrogens (tertiary/aromatic N) is 2. The maximum Gasteiger partial charge on any atom is 0.188 e. The van der Waals surface area contributed by atoms with Gasteiger partial charge < -0.3 is 10.1 Å². The van der Waals surface area contributed by atoms with E-state index in [0.29, 0.717) is 0 Å². The van der Waals surface area contributed by atoms with Gasteiger partial charge in [0.1, 0.15) is 17.3 Å². The van der Waals surface area contributed by atoms with Gasteiger partial charge in [0.25, 0.3) is 0 Å². The summed E-state index contributed by atoms with van der Waals surface area (Å²) in [5.74, 6) is 2.63. The fourth-order valence-electron chi connectivity index (χ4n) is 2.77. The Morgan fingerprint density at radius 2 is 1.88 bits per heavy atom. The van der Waals surface area contributed by atoms with E-state index in [1.807, 2.05) is 48.5 Å². The molecule has 1 N–H and O–H groups in total. The number of halogens is 1. The van der Waals surface area contributed by atoms with Crippen molar-refractivity contribution in [1.29, 1.82) is 0 Å². The van der Waals surface area contributed by atoms with Gasteiger partial charge in [-0.25, -0.2) is 4.98 Å². The molecule has 0 bridgehead atoms. The van der Waals surface area contributed by atoms with Gasteiger partial charge in [-0.05, 0) is 49.2 Å². The normalized spacial score (nSPS) is 14.0. The molecule has 0 saturated carbocycles. The largest absolute Gasteiger partial charge is 0.457 e. The summed E-state index contributed by atoms with van der Waals surface area (Å²) in [7, 11) is 0. The van der Waals surface area contributed by atoms with Crippen molar-refractivity contribution < 1.29 is 4.74 Å². The Kier molecular flexibility index (Phi) is 5.32. The highest BCUT2D eigenvalue weighted by Crippen LogP contribution is 2.35. The van der Waals surface area contributed by atoms with Crippen molar-refractivity contribution in [3.05, 3.63) is 58.4 Å². The van der Waals surface area contributed by atoms with Crippen molar-refractivity contribution in [3.63, 3.8) is 0 Å². The number of rotatable bonds is 4. The molecule has 3 aromatic rings. The number of anilines is 1. The molecule has 1 aliphatic heterocycles. The fraction of sp³-hybridized carbons (Fsp3) is 0.200. The summed E-state index contributed by atoms with van der Waals surface area (Å²) < 4.78 is 7.10. The van der Waals surface area contributed by atoms with E-state index in [4.69, 9.17) is 9.72 Å². The average molecular weight is 428 g/mol. The summed E-state index contributed by atoms with van der Waals surface area (Å²) in [6, 6.07) is 15.8. The van der Waals surface area contributed by atoms with Crippen molar-refractivity contribution in [2.45, 2.75) is 19.3 Å². The van der Waals surface area contributed by atoms with E-state index in [1.165, 1.54) is 12.8 Å². The zero-order valence-electron chi connectivity index (χ0n) is 14.1. The van der Waals surface area contributed by atoms with Crippen molar-refractivity contribution in [1.82, 2.24) is 4.98 Å². The third-order valence-corrected chi connectivity index (χ3v) is 5.37. The van der Waals surface area contributed by atoms with Crippen LogP contribution >= 0.6 is 27.3 Å². The van der Waals surface area contributed by atoms with E-state index in [2.05, 4.69) is 31.6 Å². The number of aliphatic imine (C=N–C) groups is 1. The minimum atomic E-state index is 0.793. The lowest BCUT2D eigenvalue weighted by Crippen LogP contribution is -2.15. The number of benzene rings is 2. The number of thiazole rings is 1. The Hall–Kier alpha value is -2.18. The molecule has 0 radical (unpaired) electrons. The first kappa shape index (κ1) is 17.2. The number of amidine groups is 1. The van der Waals surface area contributed by atoms with Gasteiger partial charge in [0, 0.05) is 28.4 Å². The smallest absolute Gasteiger partial charge is 0.188 e. The Bertz CT molecular complexity index is 921. The van der Waals surface area contributed by atoms with Crippen LogP contribution in [0.3, 0.4) is 0 Å². The lowest BCUT2D eigenvalue weighted by atomic mass is 10.1. The van der Waals surface area contributed by atoms with Crippen LogP contribution in [0.25, 0.3) is 11.3 Å². The second-order valence-corrected chi connectivity index (χ2v) is 7.77. The van der Waals surface area contributed by atoms with Crippen molar-refractivity contribution in [3.8, 4) is 22.8 Å². The van der Waals surface area contributed by atoms with Crippen molar-refractivity contribution in [2.75, 3.05) is 11.9 Å². The summed E-state index contributed by atoms with van der Waals surface area (Å²) in [5, 5.41) is 6.28. The number of hydrogen-bond acceptors (Lipinski definition) is 5. The number of ether oxygens (including phenoxy) is 1. The van der Waals surface area contributed by atoms with Crippen LogP contribution in [0.2, 0.25) is 0 Å². The predicted molar refractivity (Wildman–Crippen MR) is 112 cm³/mol. The molecule has 0 amide bonds. The van der Waals surface area contributed by atoms with Crippen LogP contribution in [-0.4, -0.2) is 17.4 Å². The van der Waals surface area contributed by atoms with Gasteiger partial charge in [-0.1, -0.05) is 28.1 Å². The van der Waals surface area contributed by atoms with Gasteiger partial charge in [-0.15, -0.1) is 11.3 Å². The maximum absolute atomic E-state index is 6.08. The molecule has 0 atom stereocenters. The molecule has 4 rings (SSSR count). The SMILES string of the molecule is Brc1ccc(Oc2ccccc2-c2csc(NC3=NCCCC3)n2)cc1. The quantitative estimate of drug-likeness (QED) is 0.526. The standard InChI is InChI=1S/C20H18BrN3OS/c21-14-8-10-15(11-9-14)25-18-6-2-1-5-16(18)17-13-26-20(23-17)24-19-7-3-4-12-22-19/h1-2,5-6,8-11,13H,3-4,7,12H2,(H,22,23,24). The van der Waals surface area contributed by atoms with Gasteiger partial charge in [0.15, 0.2) is 5.13 Å². The second kappa shape index (κ2) is 8.01. The van der Waals surface area contributed by atoms with Crippen LogP contribution in [0.1, 0.15) is 19.3 Å². The van der Waals surface area contributed by atoms with E-state index >= 15 is 0 Å². The van der Waals surface area contributed by atoms with Gasteiger partial charge in [0.2, 0.25) is 0 Å². The second-order valence-electron chi connectivity index (χ2n) is 6.00. The molecule has 0 spiro atoms. The third-order valence-electron chi connectivity index (χ3n) is 4.08. The topological polar surface area (TPSA) is 46.5 Å². The summed E-state index contributed by atoms with van der Waals surface area (Å²) in [6.07, 6.45) is 3.36. The van der Waals surface area contributed by atoms with E-state index in [0.717, 1.165) is 51.2 Å². The third kappa shape index (κ3) is 4.14. The molecule has 0 aliphatic carbocycles. The Morgan fingerprint density at radius 3 is 2.69 bits per heavy atom. The summed E-state index contributed by atoms with van der Waals surface area (Å²) in [6.45, 7) is 0.907. The molecule has 1 aromatic heterocycles. The van der Waals surface area contributed by atoms with E-state index < -0.39 is 0 Å². The monoisotopic (exact) mass is 427 g/mol. The Balaban J connectivity index is 1.56. The van der Waals surface area contributed by atoms with Crippen LogP contribution in [0.15, 0.2) is 63.4 Å². The van der Waals surface area contributed by atoms with Crippen LogP contribution < -0.4 is 10.1 Å². The first-order valence-corrected chi connectivity index (χ1v) is 10.2. The molecular formula is C20H18BrN3OS. The molecule has 4 nitrogen and oxygen atoms in total. The van der Waals surface area contributed by atoms with E-state index in [-0.39, 0.29) is 0 Å². The lowest BCUT2D eigenvalue weighted by Gasteiger charge is -2.12. The Labute approximate surface area is 165 Å². The zero-order valence-corrected chi connectivity index (χ0v) is 16.5. The highest BCUT2D eigenvalue weighted by atomic mass is 79.9. The molecule has 26 heavy (non-hydrogen) atoms. The molecule has 2 aromatic carbocycles. The minimum Gasteiger partial charge on any atom is -0.457 e. The number of para-hydroxylation sites is 1. The van der Waals surface area contributed by atoms with Crippen LogP contribution in [0.4, 0.5) is 5.13 Å². The minimum absolute atomic E-state index is 0.793. The van der Waals surface area contributed by atoms with Gasteiger partial charge in [-0.3, -0.25) is 4.99 Å². The van der Waals surface area contributed by atoms with Crippen molar-refractivity contribution in [2.24, 2.45) is 4.99 Å². The van der Waals surface area contributed by atoms with E-state index in [9.17, 15) is 0 Å².